The molecular weight excluding hydrogens is 494 g/mol. The molecule has 0 fully saturated rings. The molecule has 1 aliphatic heterocycles. The summed E-state index contributed by atoms with van der Waals surface area (Å²) in [5.41, 5.74) is 9.47. The molecule has 0 saturated carbocycles. The van der Waals surface area contributed by atoms with Crippen molar-refractivity contribution < 1.29 is 4.42 Å². The van der Waals surface area contributed by atoms with Crippen molar-refractivity contribution in [1.82, 2.24) is 4.57 Å². The largest absolute Gasteiger partial charge is 0.456 e. The third kappa shape index (κ3) is 3.05. The van der Waals surface area contributed by atoms with Crippen LogP contribution in [0.4, 0.5) is 0 Å². The molecule has 1 aliphatic carbocycles. The first-order valence-electron chi connectivity index (χ1n) is 13.4. The highest BCUT2D eigenvalue weighted by Crippen LogP contribution is 2.53. The van der Waals surface area contributed by atoms with Crippen LogP contribution in [0.15, 0.2) is 137 Å². The molecule has 0 amide bonds. The van der Waals surface area contributed by atoms with Gasteiger partial charge in [-0.15, -0.1) is 11.8 Å². The Kier molecular flexibility index (Phi) is 4.41. The molecular formula is C36H23NOS. The van der Waals surface area contributed by atoms with Gasteiger partial charge in [0.2, 0.25) is 0 Å². The smallest absolute Gasteiger partial charge is 0.137 e. The summed E-state index contributed by atoms with van der Waals surface area (Å²) in [6, 6.07) is 39.5. The maximum absolute atomic E-state index is 6.45. The Balaban J connectivity index is 1.20. The van der Waals surface area contributed by atoms with E-state index in [4.69, 9.17) is 4.42 Å². The van der Waals surface area contributed by atoms with E-state index in [1.54, 1.807) is 0 Å². The zero-order chi connectivity index (χ0) is 25.5. The maximum Gasteiger partial charge on any atom is 0.137 e. The van der Waals surface area contributed by atoms with Gasteiger partial charge in [-0.1, -0.05) is 78.9 Å². The Morgan fingerprint density at radius 1 is 0.641 bits per heavy atom. The Bertz CT molecular complexity index is 2120. The number of para-hydroxylation sites is 2. The van der Waals surface area contributed by atoms with E-state index in [2.05, 4.69) is 132 Å². The van der Waals surface area contributed by atoms with Crippen LogP contribution in [0, 0.1) is 0 Å². The van der Waals surface area contributed by atoms with Gasteiger partial charge in [-0.25, -0.2) is 0 Å². The lowest BCUT2D eigenvalue weighted by Crippen LogP contribution is -2.12. The number of aromatic nitrogens is 1. The minimum absolute atomic E-state index is 0.383. The second-order valence-electron chi connectivity index (χ2n) is 10.5. The molecule has 0 saturated heterocycles. The fraction of sp³-hybridized carbons (Fsp3) is 0.0556. The number of furan rings is 1. The normalized spacial score (nSPS) is 18.2. The van der Waals surface area contributed by atoms with Crippen molar-refractivity contribution >= 4 is 61.1 Å². The minimum Gasteiger partial charge on any atom is -0.456 e. The van der Waals surface area contributed by atoms with Crippen molar-refractivity contribution in [3.63, 3.8) is 0 Å². The van der Waals surface area contributed by atoms with Gasteiger partial charge in [0.05, 0.1) is 11.0 Å². The van der Waals surface area contributed by atoms with E-state index in [0.29, 0.717) is 11.2 Å². The number of nitrogens with zero attached hydrogens (tertiary/aromatic N) is 1. The molecule has 39 heavy (non-hydrogen) atoms. The van der Waals surface area contributed by atoms with Crippen LogP contribution < -0.4 is 0 Å². The van der Waals surface area contributed by atoms with Crippen molar-refractivity contribution in [2.75, 3.05) is 0 Å². The van der Waals surface area contributed by atoms with Gasteiger partial charge in [0.1, 0.15) is 11.2 Å². The average Bonchev–Trinajstić information content (AvgIpc) is 3.65. The molecule has 2 aromatic heterocycles. The van der Waals surface area contributed by atoms with Crippen LogP contribution in [0.5, 0.6) is 0 Å². The van der Waals surface area contributed by atoms with Crippen molar-refractivity contribution in [3.05, 3.63) is 139 Å². The number of hydrogen-bond acceptors (Lipinski definition) is 2. The number of hydrogen-bond donors (Lipinski definition) is 0. The van der Waals surface area contributed by atoms with Gasteiger partial charge in [0.15, 0.2) is 0 Å². The first kappa shape index (κ1) is 21.5. The average molecular weight is 518 g/mol. The van der Waals surface area contributed by atoms with Gasteiger partial charge in [-0.3, -0.25) is 0 Å². The standard InChI is InChI=1S/C36H23NOS/c1-4-12-30-25(8-1)26-9-2-5-13-31(26)37(30)23-17-18-27-29-20-22(16-19-32(29)38-33(27)21-23)24-11-7-15-35-36(24)28-10-3-6-14-34(28)39-35/h1-21,35-36H. The predicted molar refractivity (Wildman–Crippen MR) is 164 cm³/mol. The summed E-state index contributed by atoms with van der Waals surface area (Å²) in [6.45, 7) is 0. The van der Waals surface area contributed by atoms with E-state index in [-0.39, 0.29) is 0 Å². The minimum atomic E-state index is 0.383. The Hall–Kier alpha value is -4.47. The van der Waals surface area contributed by atoms with Crippen LogP contribution in [0.1, 0.15) is 17.0 Å². The highest BCUT2D eigenvalue weighted by atomic mass is 32.2. The third-order valence-electron chi connectivity index (χ3n) is 8.38. The molecule has 9 rings (SSSR count). The molecule has 2 nitrogen and oxygen atoms in total. The number of thioether (sulfide) groups is 1. The lowest BCUT2D eigenvalue weighted by Gasteiger charge is -2.23. The van der Waals surface area contributed by atoms with Crippen molar-refractivity contribution in [2.24, 2.45) is 0 Å². The number of rotatable bonds is 2. The monoisotopic (exact) mass is 517 g/mol. The zero-order valence-corrected chi connectivity index (χ0v) is 21.9. The molecule has 7 aromatic rings. The molecule has 0 N–H and O–H groups in total. The van der Waals surface area contributed by atoms with Crippen LogP contribution in [0.3, 0.4) is 0 Å². The molecule has 0 spiro atoms. The molecule has 0 radical (unpaired) electrons. The molecule has 2 atom stereocenters. The topological polar surface area (TPSA) is 18.1 Å². The molecule has 184 valence electrons. The fourth-order valence-electron chi connectivity index (χ4n) is 6.66. The summed E-state index contributed by atoms with van der Waals surface area (Å²) < 4.78 is 8.79. The predicted octanol–water partition coefficient (Wildman–Crippen LogP) is 9.89. The number of benzene rings is 5. The highest BCUT2D eigenvalue weighted by Gasteiger charge is 2.35. The Morgan fingerprint density at radius 2 is 1.41 bits per heavy atom. The second-order valence-corrected chi connectivity index (χ2v) is 11.7. The first-order valence-corrected chi connectivity index (χ1v) is 14.3. The summed E-state index contributed by atoms with van der Waals surface area (Å²) >= 11 is 1.98. The van der Waals surface area contributed by atoms with E-state index < -0.39 is 0 Å². The highest BCUT2D eigenvalue weighted by molar-refractivity contribution is 8.00. The van der Waals surface area contributed by atoms with Gasteiger partial charge in [-0.2, -0.15) is 0 Å². The van der Waals surface area contributed by atoms with Gasteiger partial charge >= 0.3 is 0 Å². The first-order chi connectivity index (χ1) is 19.3. The quantitative estimate of drug-likeness (QED) is 0.227. The van der Waals surface area contributed by atoms with Crippen LogP contribution in [-0.4, -0.2) is 9.82 Å². The van der Waals surface area contributed by atoms with Gasteiger partial charge in [0.25, 0.3) is 0 Å². The lowest BCUT2D eigenvalue weighted by molar-refractivity contribution is 0.668. The van der Waals surface area contributed by atoms with Crippen LogP contribution >= 0.6 is 11.8 Å². The van der Waals surface area contributed by atoms with E-state index in [0.717, 1.165) is 22.2 Å². The lowest BCUT2D eigenvalue weighted by atomic mass is 9.81. The van der Waals surface area contributed by atoms with Gasteiger partial charge in [0, 0.05) is 49.4 Å². The Labute approximate surface area is 229 Å². The van der Waals surface area contributed by atoms with E-state index >= 15 is 0 Å². The van der Waals surface area contributed by atoms with E-state index in [1.165, 1.54) is 48.8 Å². The molecule has 5 aromatic carbocycles. The van der Waals surface area contributed by atoms with Crippen LogP contribution in [-0.2, 0) is 0 Å². The summed E-state index contributed by atoms with van der Waals surface area (Å²) in [5.74, 6) is 0.383. The molecule has 3 heteroatoms. The van der Waals surface area contributed by atoms with Crippen molar-refractivity contribution in [3.8, 4) is 5.69 Å². The van der Waals surface area contributed by atoms with Crippen LogP contribution in [0.25, 0.3) is 55.0 Å². The number of allylic oxidation sites excluding steroid dienone is 3. The van der Waals surface area contributed by atoms with Gasteiger partial charge < -0.3 is 8.98 Å². The molecule has 2 unspecified atom stereocenters. The molecule has 3 heterocycles. The van der Waals surface area contributed by atoms with Crippen molar-refractivity contribution in [1.29, 1.82) is 0 Å². The summed E-state index contributed by atoms with van der Waals surface area (Å²) in [6.07, 6.45) is 6.87. The Morgan fingerprint density at radius 3 is 2.26 bits per heavy atom. The summed E-state index contributed by atoms with van der Waals surface area (Å²) in [4.78, 5) is 1.40. The third-order valence-corrected chi connectivity index (χ3v) is 9.71. The number of fused-ring (bicyclic) bond motifs is 9. The van der Waals surface area contributed by atoms with Crippen molar-refractivity contribution in [2.45, 2.75) is 16.1 Å². The van der Waals surface area contributed by atoms with Crippen LogP contribution in [0.2, 0.25) is 0 Å². The summed E-state index contributed by atoms with van der Waals surface area (Å²) in [5, 5.41) is 5.31. The summed E-state index contributed by atoms with van der Waals surface area (Å²) in [7, 11) is 0. The van der Waals surface area contributed by atoms with E-state index in [1.807, 2.05) is 11.8 Å². The fourth-order valence-corrected chi connectivity index (χ4v) is 8.04. The SMILES string of the molecule is C1=CC2Sc3ccccc3C2C(c2ccc3oc4cc(-n5c6ccccc6c6ccccc65)ccc4c3c2)=C1. The van der Waals surface area contributed by atoms with Gasteiger partial charge in [-0.05, 0) is 59.2 Å². The zero-order valence-electron chi connectivity index (χ0n) is 21.0. The maximum atomic E-state index is 6.45. The molecule has 0 bridgehead atoms. The molecule has 2 aliphatic rings. The second kappa shape index (κ2) is 8.02. The van der Waals surface area contributed by atoms with E-state index in [9.17, 15) is 0 Å².